The Morgan fingerprint density at radius 3 is 2.38 bits per heavy atom. The van der Waals surface area contributed by atoms with E-state index in [4.69, 9.17) is 21.6 Å². The first-order valence-electron chi connectivity index (χ1n) is 14.0. The van der Waals surface area contributed by atoms with Crippen LogP contribution in [0.5, 0.6) is 5.75 Å². The molecule has 2 aromatic carbocycles. The lowest BCUT2D eigenvalue weighted by atomic mass is 9.49. The fourth-order valence-electron chi connectivity index (χ4n) is 7.06. The van der Waals surface area contributed by atoms with E-state index in [-0.39, 0.29) is 28.9 Å². The van der Waals surface area contributed by atoms with Crippen molar-refractivity contribution >= 4 is 23.2 Å². The Kier molecular flexibility index (Phi) is 7.83. The molecule has 1 aliphatic carbocycles. The monoisotopic (exact) mass is 549 g/mol. The van der Waals surface area contributed by atoms with Gasteiger partial charge in [0, 0.05) is 66.9 Å². The number of rotatable bonds is 7. The largest absolute Gasteiger partial charge is 0.489 e. The van der Waals surface area contributed by atoms with Gasteiger partial charge in [-0.3, -0.25) is 9.69 Å². The van der Waals surface area contributed by atoms with Crippen LogP contribution in [0.15, 0.2) is 42.5 Å². The van der Waals surface area contributed by atoms with E-state index in [2.05, 4.69) is 66.3 Å². The van der Waals surface area contributed by atoms with Crippen molar-refractivity contribution in [1.29, 1.82) is 5.26 Å². The van der Waals surface area contributed by atoms with Gasteiger partial charge in [0.1, 0.15) is 17.9 Å². The molecule has 1 amide bonds. The molecule has 2 saturated heterocycles. The Labute approximate surface area is 237 Å². The maximum atomic E-state index is 13.3. The Morgan fingerprint density at radius 1 is 1.10 bits per heavy atom. The molecule has 2 heterocycles. The standard InChI is InChI=1S/C31H40ClN5O2/c1-30(2)28(31(3,4)29(30)39-25-10-7-23(18-33)26(32)17-25)35-27(38)22-5-8-24(9-6-22)37-15-13-36(14-16-37)20-21-11-12-34-19-21/h5-10,17,21,28-29,34H,11-16,19-20H2,1-4H3,(H,35,38)/t21-,28?,29?/m0/s1. The summed E-state index contributed by atoms with van der Waals surface area (Å²) in [6.45, 7) is 16.2. The highest BCUT2D eigenvalue weighted by Gasteiger charge is 2.64. The minimum absolute atomic E-state index is 0.0671. The molecular weight excluding hydrogens is 510 g/mol. The van der Waals surface area contributed by atoms with Crippen molar-refractivity contribution in [3.8, 4) is 11.8 Å². The van der Waals surface area contributed by atoms with E-state index in [9.17, 15) is 4.79 Å². The molecule has 3 aliphatic rings. The maximum absolute atomic E-state index is 13.3. The van der Waals surface area contributed by atoms with E-state index in [1.807, 2.05) is 12.1 Å². The van der Waals surface area contributed by atoms with E-state index >= 15 is 0 Å². The number of hydrogen-bond acceptors (Lipinski definition) is 6. The van der Waals surface area contributed by atoms with E-state index in [1.165, 1.54) is 18.7 Å². The highest BCUT2D eigenvalue weighted by atomic mass is 35.5. The molecule has 0 spiro atoms. The number of ether oxygens (including phenoxy) is 1. The van der Waals surface area contributed by atoms with Gasteiger partial charge in [-0.15, -0.1) is 0 Å². The Bertz CT molecular complexity index is 1210. The fraction of sp³-hybridized carbons (Fsp3) is 0.548. The molecule has 2 aromatic rings. The number of carbonyl (C=O) groups excluding carboxylic acids is 1. The fourth-order valence-corrected chi connectivity index (χ4v) is 7.27. The zero-order chi connectivity index (χ0) is 27.8. The highest BCUT2D eigenvalue weighted by Crippen LogP contribution is 2.55. The summed E-state index contributed by atoms with van der Waals surface area (Å²) < 4.78 is 6.35. The number of nitrogens with one attached hydrogen (secondary N) is 2. The van der Waals surface area contributed by atoms with Gasteiger partial charge >= 0.3 is 0 Å². The van der Waals surface area contributed by atoms with E-state index in [0.717, 1.165) is 45.2 Å². The van der Waals surface area contributed by atoms with Crippen LogP contribution < -0.4 is 20.3 Å². The predicted molar refractivity (Wildman–Crippen MR) is 155 cm³/mol. The van der Waals surface area contributed by atoms with Gasteiger partial charge in [0.25, 0.3) is 5.91 Å². The van der Waals surface area contributed by atoms with Crippen molar-refractivity contribution in [3.05, 3.63) is 58.6 Å². The third kappa shape index (κ3) is 5.61. The van der Waals surface area contributed by atoms with Crippen molar-refractivity contribution < 1.29 is 9.53 Å². The van der Waals surface area contributed by atoms with Crippen LogP contribution in [0.2, 0.25) is 5.02 Å². The van der Waals surface area contributed by atoms with Crippen molar-refractivity contribution in [2.75, 3.05) is 50.7 Å². The normalized spacial score (nSPS) is 25.9. The maximum Gasteiger partial charge on any atom is 0.251 e. The zero-order valence-corrected chi connectivity index (χ0v) is 24.2. The number of piperazine rings is 1. The molecule has 7 nitrogen and oxygen atoms in total. The third-order valence-corrected chi connectivity index (χ3v) is 9.29. The topological polar surface area (TPSA) is 80.6 Å². The summed E-state index contributed by atoms with van der Waals surface area (Å²) in [6, 6.07) is 15.2. The Balaban J connectivity index is 1.16. The summed E-state index contributed by atoms with van der Waals surface area (Å²) >= 11 is 6.21. The summed E-state index contributed by atoms with van der Waals surface area (Å²) in [6.07, 6.45) is 1.16. The molecule has 8 heteroatoms. The van der Waals surface area contributed by atoms with Crippen LogP contribution in [-0.4, -0.2) is 68.8 Å². The highest BCUT2D eigenvalue weighted by molar-refractivity contribution is 6.31. The number of nitrogens with zero attached hydrogens (tertiary/aromatic N) is 3. The minimum Gasteiger partial charge on any atom is -0.489 e. The Hall–Kier alpha value is -2.79. The molecule has 5 rings (SSSR count). The number of nitriles is 1. The lowest BCUT2D eigenvalue weighted by Gasteiger charge is -2.63. The number of amides is 1. The SMILES string of the molecule is CC1(C)C(NC(=O)c2ccc(N3CCN(C[C@H]4CCNC4)CC3)cc2)C(C)(C)C1Oc1ccc(C#N)c(Cl)c1. The second-order valence-electron chi connectivity index (χ2n) is 12.5. The van der Waals surface area contributed by atoms with Crippen LogP contribution in [0.1, 0.15) is 50.0 Å². The molecule has 0 radical (unpaired) electrons. The van der Waals surface area contributed by atoms with Crippen LogP contribution in [0.3, 0.4) is 0 Å². The van der Waals surface area contributed by atoms with Gasteiger partial charge in [0.05, 0.1) is 10.6 Å². The zero-order valence-electron chi connectivity index (χ0n) is 23.5. The summed E-state index contributed by atoms with van der Waals surface area (Å²) in [5.74, 6) is 1.35. The van der Waals surface area contributed by atoms with E-state index in [1.54, 1.807) is 18.2 Å². The molecule has 3 fully saturated rings. The lowest BCUT2D eigenvalue weighted by Crippen LogP contribution is -2.74. The van der Waals surface area contributed by atoms with Crippen LogP contribution in [-0.2, 0) is 0 Å². The van der Waals surface area contributed by atoms with Crippen molar-refractivity contribution in [3.63, 3.8) is 0 Å². The van der Waals surface area contributed by atoms with Gasteiger partial charge in [0.2, 0.25) is 0 Å². The first-order chi connectivity index (χ1) is 18.6. The molecule has 2 aliphatic heterocycles. The summed E-state index contributed by atoms with van der Waals surface area (Å²) in [5.41, 5.74) is 1.67. The summed E-state index contributed by atoms with van der Waals surface area (Å²) in [7, 11) is 0. The number of benzene rings is 2. The van der Waals surface area contributed by atoms with Gasteiger partial charge in [-0.1, -0.05) is 39.3 Å². The average Bonchev–Trinajstić information content (AvgIpc) is 3.43. The molecule has 0 unspecified atom stereocenters. The third-order valence-electron chi connectivity index (χ3n) is 8.98. The van der Waals surface area contributed by atoms with Gasteiger partial charge in [-0.2, -0.15) is 5.26 Å². The molecule has 0 aromatic heterocycles. The van der Waals surface area contributed by atoms with Crippen molar-refractivity contribution in [2.45, 2.75) is 46.3 Å². The number of hydrogen-bond donors (Lipinski definition) is 2. The van der Waals surface area contributed by atoms with Crippen molar-refractivity contribution in [1.82, 2.24) is 15.5 Å². The first kappa shape index (κ1) is 27.8. The predicted octanol–water partition coefficient (Wildman–Crippen LogP) is 4.56. The minimum atomic E-state index is -0.298. The lowest BCUT2D eigenvalue weighted by molar-refractivity contribution is -0.164. The molecule has 208 valence electrons. The molecule has 39 heavy (non-hydrogen) atoms. The van der Waals surface area contributed by atoms with Gasteiger partial charge in [0.15, 0.2) is 0 Å². The molecule has 1 atom stereocenters. The van der Waals surface area contributed by atoms with Crippen LogP contribution in [0.4, 0.5) is 5.69 Å². The molecule has 0 bridgehead atoms. The van der Waals surface area contributed by atoms with Gasteiger partial charge < -0.3 is 20.3 Å². The van der Waals surface area contributed by atoms with Crippen LogP contribution >= 0.6 is 11.6 Å². The molecule has 2 N–H and O–H groups in total. The van der Waals surface area contributed by atoms with E-state index < -0.39 is 0 Å². The second-order valence-corrected chi connectivity index (χ2v) is 12.9. The molecule has 1 saturated carbocycles. The first-order valence-corrected chi connectivity index (χ1v) is 14.4. The number of carbonyl (C=O) groups is 1. The second kappa shape index (κ2) is 11.0. The van der Waals surface area contributed by atoms with Gasteiger partial charge in [-0.25, -0.2) is 0 Å². The van der Waals surface area contributed by atoms with Gasteiger partial charge in [-0.05, 0) is 61.8 Å². The number of halogens is 1. The van der Waals surface area contributed by atoms with E-state index in [0.29, 0.717) is 21.9 Å². The summed E-state index contributed by atoms with van der Waals surface area (Å²) in [5, 5.41) is 16.3. The molecular formula is C31H40ClN5O2. The number of anilines is 1. The smallest absolute Gasteiger partial charge is 0.251 e. The van der Waals surface area contributed by atoms with Crippen molar-refractivity contribution in [2.24, 2.45) is 16.7 Å². The Morgan fingerprint density at radius 2 is 1.79 bits per heavy atom. The van der Waals surface area contributed by atoms with Crippen LogP contribution in [0.25, 0.3) is 0 Å². The summed E-state index contributed by atoms with van der Waals surface area (Å²) in [4.78, 5) is 18.3. The quantitative estimate of drug-likeness (QED) is 0.527. The van der Waals surface area contributed by atoms with Crippen LogP contribution in [0, 0.1) is 28.1 Å². The average molecular weight is 550 g/mol.